The molecule has 2 heterocycles. The number of aromatic nitrogens is 3. The van der Waals surface area contributed by atoms with E-state index in [0.717, 1.165) is 15.9 Å². The van der Waals surface area contributed by atoms with Crippen LogP contribution in [0.3, 0.4) is 0 Å². The fourth-order valence-corrected chi connectivity index (χ4v) is 1.95. The Kier molecular flexibility index (Phi) is 3.47. The standard InChI is InChI=1S/C12H12BrN3O2/c1-7-11(13)8(2)16(15-7)6-9-4-3-5-10(14-9)12(17)18/h3-5H,6H2,1-2H3,(H,17,18). The van der Waals surface area contributed by atoms with Crippen molar-refractivity contribution in [2.24, 2.45) is 0 Å². The molecule has 94 valence electrons. The number of pyridine rings is 1. The molecule has 0 saturated carbocycles. The van der Waals surface area contributed by atoms with Gasteiger partial charge in [0.1, 0.15) is 5.69 Å². The van der Waals surface area contributed by atoms with Gasteiger partial charge in [0, 0.05) is 0 Å². The lowest BCUT2D eigenvalue weighted by molar-refractivity contribution is 0.0690. The normalized spacial score (nSPS) is 10.6. The average Bonchev–Trinajstić information content (AvgIpc) is 2.57. The van der Waals surface area contributed by atoms with Gasteiger partial charge in [-0.25, -0.2) is 9.78 Å². The van der Waals surface area contributed by atoms with Crippen LogP contribution in [-0.4, -0.2) is 25.8 Å². The molecule has 6 heteroatoms. The Hall–Kier alpha value is -1.69. The van der Waals surface area contributed by atoms with E-state index in [2.05, 4.69) is 26.0 Å². The van der Waals surface area contributed by atoms with Crippen LogP contribution in [0, 0.1) is 13.8 Å². The topological polar surface area (TPSA) is 68.0 Å². The Balaban J connectivity index is 2.31. The summed E-state index contributed by atoms with van der Waals surface area (Å²) in [7, 11) is 0. The molecule has 0 atom stereocenters. The second-order valence-corrected chi connectivity index (χ2v) is 4.75. The molecular formula is C12H12BrN3O2. The predicted octanol–water partition coefficient (Wildman–Crippen LogP) is 2.40. The van der Waals surface area contributed by atoms with Gasteiger partial charge in [-0.2, -0.15) is 5.10 Å². The van der Waals surface area contributed by atoms with Crippen molar-refractivity contribution >= 4 is 21.9 Å². The zero-order chi connectivity index (χ0) is 13.3. The van der Waals surface area contributed by atoms with Crippen LogP contribution in [0.5, 0.6) is 0 Å². The summed E-state index contributed by atoms with van der Waals surface area (Å²) in [4.78, 5) is 14.9. The molecule has 0 amide bonds. The molecule has 18 heavy (non-hydrogen) atoms. The summed E-state index contributed by atoms with van der Waals surface area (Å²) in [6.45, 7) is 4.32. The summed E-state index contributed by atoms with van der Waals surface area (Å²) in [6.07, 6.45) is 0. The summed E-state index contributed by atoms with van der Waals surface area (Å²) in [6, 6.07) is 4.95. The Labute approximate surface area is 113 Å². The van der Waals surface area contributed by atoms with Gasteiger partial charge < -0.3 is 5.11 Å². The third-order valence-corrected chi connectivity index (χ3v) is 3.78. The number of carboxylic acid groups (broad SMARTS) is 1. The van der Waals surface area contributed by atoms with E-state index in [-0.39, 0.29) is 5.69 Å². The van der Waals surface area contributed by atoms with Crippen molar-refractivity contribution in [3.05, 3.63) is 45.4 Å². The lowest BCUT2D eigenvalue weighted by atomic mass is 10.3. The average molecular weight is 310 g/mol. The maximum absolute atomic E-state index is 10.8. The van der Waals surface area contributed by atoms with Crippen molar-refractivity contribution in [3.8, 4) is 0 Å². The highest BCUT2D eigenvalue weighted by molar-refractivity contribution is 9.10. The van der Waals surface area contributed by atoms with Crippen molar-refractivity contribution in [2.45, 2.75) is 20.4 Å². The second kappa shape index (κ2) is 4.89. The van der Waals surface area contributed by atoms with Crippen molar-refractivity contribution in [1.82, 2.24) is 14.8 Å². The maximum atomic E-state index is 10.8. The Bertz CT molecular complexity index is 607. The minimum Gasteiger partial charge on any atom is -0.477 e. The second-order valence-electron chi connectivity index (χ2n) is 3.96. The first-order valence-electron chi connectivity index (χ1n) is 5.37. The summed E-state index contributed by atoms with van der Waals surface area (Å²) in [5, 5.41) is 13.2. The molecule has 0 fully saturated rings. The Morgan fingerprint density at radius 2 is 2.17 bits per heavy atom. The van der Waals surface area contributed by atoms with Crippen LogP contribution in [0.4, 0.5) is 0 Å². The Morgan fingerprint density at radius 1 is 1.44 bits per heavy atom. The molecule has 0 saturated heterocycles. The molecule has 0 aliphatic carbocycles. The molecule has 0 aliphatic rings. The fraction of sp³-hybridized carbons (Fsp3) is 0.250. The molecule has 2 rings (SSSR count). The largest absolute Gasteiger partial charge is 0.477 e. The first kappa shape index (κ1) is 12.8. The molecule has 0 radical (unpaired) electrons. The Morgan fingerprint density at radius 3 is 2.72 bits per heavy atom. The lowest BCUT2D eigenvalue weighted by Gasteiger charge is -2.04. The van der Waals surface area contributed by atoms with Crippen molar-refractivity contribution in [1.29, 1.82) is 0 Å². The predicted molar refractivity (Wildman–Crippen MR) is 69.7 cm³/mol. The van der Waals surface area contributed by atoms with Gasteiger partial charge in [0.25, 0.3) is 0 Å². The number of carbonyl (C=O) groups is 1. The summed E-state index contributed by atoms with van der Waals surface area (Å²) in [5.41, 5.74) is 2.62. The smallest absolute Gasteiger partial charge is 0.354 e. The molecule has 2 aromatic heterocycles. The van der Waals surface area contributed by atoms with E-state index in [0.29, 0.717) is 12.2 Å². The first-order chi connectivity index (χ1) is 8.49. The van der Waals surface area contributed by atoms with Crippen molar-refractivity contribution in [3.63, 3.8) is 0 Å². The van der Waals surface area contributed by atoms with E-state index in [9.17, 15) is 4.79 Å². The molecule has 0 unspecified atom stereocenters. The number of aromatic carboxylic acids is 1. The number of hydrogen-bond donors (Lipinski definition) is 1. The zero-order valence-corrected chi connectivity index (χ0v) is 11.6. The third kappa shape index (κ3) is 2.43. The van der Waals surface area contributed by atoms with Crippen LogP contribution in [0.15, 0.2) is 22.7 Å². The van der Waals surface area contributed by atoms with Crippen molar-refractivity contribution < 1.29 is 9.90 Å². The van der Waals surface area contributed by atoms with E-state index < -0.39 is 5.97 Å². The van der Waals surface area contributed by atoms with Crippen LogP contribution in [0.25, 0.3) is 0 Å². The van der Waals surface area contributed by atoms with Crippen LogP contribution >= 0.6 is 15.9 Å². The molecule has 0 bridgehead atoms. The van der Waals surface area contributed by atoms with Crippen LogP contribution in [0.1, 0.15) is 27.6 Å². The molecule has 1 N–H and O–H groups in total. The van der Waals surface area contributed by atoms with Crippen LogP contribution in [0.2, 0.25) is 0 Å². The monoisotopic (exact) mass is 309 g/mol. The number of nitrogens with zero attached hydrogens (tertiary/aromatic N) is 3. The number of hydrogen-bond acceptors (Lipinski definition) is 3. The fourth-order valence-electron chi connectivity index (χ4n) is 1.67. The van der Waals surface area contributed by atoms with Gasteiger partial charge in [-0.3, -0.25) is 4.68 Å². The summed E-state index contributed by atoms with van der Waals surface area (Å²) in [5.74, 6) is -1.02. The van der Waals surface area contributed by atoms with Gasteiger partial charge in [-0.1, -0.05) is 6.07 Å². The molecule has 2 aromatic rings. The number of halogens is 1. The molecular weight excluding hydrogens is 298 g/mol. The maximum Gasteiger partial charge on any atom is 0.354 e. The minimum atomic E-state index is -1.02. The van der Waals surface area contributed by atoms with E-state index >= 15 is 0 Å². The van der Waals surface area contributed by atoms with Gasteiger partial charge >= 0.3 is 5.97 Å². The van der Waals surface area contributed by atoms with Gasteiger partial charge in [-0.15, -0.1) is 0 Å². The minimum absolute atomic E-state index is 0.0492. The lowest BCUT2D eigenvalue weighted by Crippen LogP contribution is -2.08. The highest BCUT2D eigenvalue weighted by atomic mass is 79.9. The molecule has 0 aliphatic heterocycles. The number of aryl methyl sites for hydroxylation is 1. The van der Waals surface area contributed by atoms with Crippen LogP contribution in [-0.2, 0) is 6.54 Å². The quantitative estimate of drug-likeness (QED) is 0.945. The van der Waals surface area contributed by atoms with Crippen LogP contribution < -0.4 is 0 Å². The zero-order valence-electron chi connectivity index (χ0n) is 10.0. The van der Waals surface area contributed by atoms with E-state index in [1.165, 1.54) is 6.07 Å². The SMILES string of the molecule is Cc1nn(Cc2cccc(C(=O)O)n2)c(C)c1Br. The molecule has 0 aromatic carbocycles. The summed E-state index contributed by atoms with van der Waals surface area (Å²) >= 11 is 3.45. The summed E-state index contributed by atoms with van der Waals surface area (Å²) < 4.78 is 2.77. The van der Waals surface area contributed by atoms with E-state index in [1.54, 1.807) is 16.8 Å². The molecule has 0 spiro atoms. The van der Waals surface area contributed by atoms with E-state index in [1.807, 2.05) is 13.8 Å². The highest BCUT2D eigenvalue weighted by Gasteiger charge is 2.10. The van der Waals surface area contributed by atoms with E-state index in [4.69, 9.17) is 5.11 Å². The van der Waals surface area contributed by atoms with Gasteiger partial charge in [0.2, 0.25) is 0 Å². The van der Waals surface area contributed by atoms with Gasteiger partial charge in [0.05, 0.1) is 28.1 Å². The number of rotatable bonds is 3. The van der Waals surface area contributed by atoms with Gasteiger partial charge in [-0.05, 0) is 41.9 Å². The van der Waals surface area contributed by atoms with Gasteiger partial charge in [0.15, 0.2) is 0 Å². The first-order valence-corrected chi connectivity index (χ1v) is 6.17. The number of carboxylic acids is 1. The molecule has 5 nitrogen and oxygen atoms in total. The highest BCUT2D eigenvalue weighted by Crippen LogP contribution is 2.20. The third-order valence-electron chi connectivity index (χ3n) is 2.63. The van der Waals surface area contributed by atoms with Crippen molar-refractivity contribution in [2.75, 3.05) is 0 Å².